The van der Waals surface area contributed by atoms with Crippen LogP contribution >= 0.6 is 0 Å². The molecule has 1 aromatic heterocycles. The number of hydrogen-bond donors (Lipinski definition) is 1. The van der Waals surface area contributed by atoms with Gasteiger partial charge in [0.05, 0.1) is 6.61 Å². The standard InChI is InChI=1S/C25H40N6O3/c1-2-34-24(33)18-23(32)30-16-10-21(11-17-30)31-15-7-8-20(19-31)27-25-26-12-9-22(28-25)29-13-5-3-4-6-14-29/h9,12,20-21H,2-8,10-11,13-19H2,1H3,(H,26,27,28). The fourth-order valence-electron chi connectivity index (χ4n) is 5.46. The lowest BCUT2D eigenvalue weighted by molar-refractivity contribution is -0.149. The number of piperidine rings is 2. The normalized spacial score (nSPS) is 22.8. The summed E-state index contributed by atoms with van der Waals surface area (Å²) in [6.07, 6.45) is 11.0. The van der Waals surface area contributed by atoms with E-state index in [1.54, 1.807) is 6.92 Å². The van der Waals surface area contributed by atoms with E-state index >= 15 is 0 Å². The number of ether oxygens (including phenoxy) is 1. The smallest absolute Gasteiger partial charge is 0.315 e. The molecular weight excluding hydrogens is 432 g/mol. The SMILES string of the molecule is CCOC(=O)CC(=O)N1CCC(N2CCCC(Nc3nccc(N4CCCCCC4)n3)C2)CC1. The van der Waals surface area contributed by atoms with Crippen LogP contribution in [0.25, 0.3) is 0 Å². The first kappa shape index (κ1) is 24.7. The summed E-state index contributed by atoms with van der Waals surface area (Å²) in [5, 5.41) is 3.60. The maximum absolute atomic E-state index is 12.4. The van der Waals surface area contributed by atoms with Crippen molar-refractivity contribution in [3.63, 3.8) is 0 Å². The Morgan fingerprint density at radius 1 is 1.03 bits per heavy atom. The quantitative estimate of drug-likeness (QED) is 0.479. The molecule has 188 valence electrons. The highest BCUT2D eigenvalue weighted by Crippen LogP contribution is 2.24. The first-order valence-corrected chi connectivity index (χ1v) is 13.1. The molecule has 1 amide bonds. The second-order valence-corrected chi connectivity index (χ2v) is 9.71. The van der Waals surface area contributed by atoms with Gasteiger partial charge in [0, 0.05) is 51.0 Å². The number of amides is 1. The molecule has 0 spiro atoms. The summed E-state index contributed by atoms with van der Waals surface area (Å²) in [5.74, 6) is 1.22. The lowest BCUT2D eigenvalue weighted by atomic mass is 9.97. The minimum atomic E-state index is -0.429. The van der Waals surface area contributed by atoms with Gasteiger partial charge in [-0.1, -0.05) is 12.8 Å². The van der Waals surface area contributed by atoms with E-state index in [1.807, 2.05) is 17.2 Å². The molecule has 9 nitrogen and oxygen atoms in total. The molecule has 34 heavy (non-hydrogen) atoms. The lowest BCUT2D eigenvalue weighted by Crippen LogP contribution is -2.52. The Morgan fingerprint density at radius 2 is 1.79 bits per heavy atom. The van der Waals surface area contributed by atoms with Gasteiger partial charge >= 0.3 is 5.97 Å². The van der Waals surface area contributed by atoms with Crippen molar-refractivity contribution in [3.8, 4) is 0 Å². The lowest BCUT2D eigenvalue weighted by Gasteiger charge is -2.42. The Balaban J connectivity index is 1.26. The van der Waals surface area contributed by atoms with E-state index in [9.17, 15) is 9.59 Å². The first-order valence-electron chi connectivity index (χ1n) is 13.1. The topological polar surface area (TPSA) is 90.9 Å². The average Bonchev–Trinajstić information content (AvgIpc) is 3.14. The molecule has 0 bridgehead atoms. The molecule has 0 radical (unpaired) electrons. The minimum Gasteiger partial charge on any atom is -0.466 e. The molecule has 3 aliphatic heterocycles. The molecule has 4 heterocycles. The summed E-state index contributed by atoms with van der Waals surface area (Å²) in [7, 11) is 0. The van der Waals surface area contributed by atoms with Gasteiger partial charge in [-0.2, -0.15) is 4.98 Å². The Morgan fingerprint density at radius 3 is 2.53 bits per heavy atom. The van der Waals surface area contributed by atoms with Crippen molar-refractivity contribution in [1.82, 2.24) is 19.8 Å². The number of nitrogens with one attached hydrogen (secondary N) is 1. The van der Waals surface area contributed by atoms with Crippen molar-refractivity contribution in [3.05, 3.63) is 12.3 Å². The highest BCUT2D eigenvalue weighted by molar-refractivity contribution is 5.94. The number of hydrogen-bond acceptors (Lipinski definition) is 8. The number of carbonyl (C=O) groups excluding carboxylic acids is 2. The largest absolute Gasteiger partial charge is 0.466 e. The van der Waals surface area contributed by atoms with E-state index in [4.69, 9.17) is 9.72 Å². The molecule has 1 unspecified atom stereocenters. The zero-order valence-electron chi connectivity index (χ0n) is 20.6. The third kappa shape index (κ3) is 6.81. The molecule has 3 fully saturated rings. The van der Waals surface area contributed by atoms with Crippen LogP contribution in [0.5, 0.6) is 0 Å². The van der Waals surface area contributed by atoms with Crippen molar-refractivity contribution < 1.29 is 14.3 Å². The number of aromatic nitrogens is 2. The van der Waals surface area contributed by atoms with Crippen molar-refractivity contribution in [2.24, 2.45) is 0 Å². The van der Waals surface area contributed by atoms with Crippen LogP contribution in [0.3, 0.4) is 0 Å². The number of esters is 1. The summed E-state index contributed by atoms with van der Waals surface area (Å²) >= 11 is 0. The predicted molar refractivity (Wildman–Crippen MR) is 132 cm³/mol. The van der Waals surface area contributed by atoms with Crippen molar-refractivity contribution in [2.45, 2.75) is 76.8 Å². The van der Waals surface area contributed by atoms with Crippen LogP contribution in [0.15, 0.2) is 12.3 Å². The van der Waals surface area contributed by atoms with Gasteiger partial charge in [-0.3, -0.25) is 14.5 Å². The van der Waals surface area contributed by atoms with E-state index in [1.165, 1.54) is 25.7 Å². The van der Waals surface area contributed by atoms with Gasteiger partial charge in [0.2, 0.25) is 11.9 Å². The van der Waals surface area contributed by atoms with E-state index in [0.29, 0.717) is 31.8 Å². The van der Waals surface area contributed by atoms with Gasteiger partial charge in [0.25, 0.3) is 0 Å². The number of rotatable bonds is 7. The molecule has 0 aromatic carbocycles. The number of anilines is 2. The van der Waals surface area contributed by atoms with Crippen LogP contribution in [-0.4, -0.2) is 89.6 Å². The maximum Gasteiger partial charge on any atom is 0.315 e. The van der Waals surface area contributed by atoms with Crippen LogP contribution in [0.4, 0.5) is 11.8 Å². The zero-order chi connectivity index (χ0) is 23.8. The predicted octanol–water partition coefficient (Wildman–Crippen LogP) is 2.68. The van der Waals surface area contributed by atoms with E-state index in [2.05, 4.69) is 20.1 Å². The second-order valence-electron chi connectivity index (χ2n) is 9.71. The molecule has 0 aliphatic carbocycles. The van der Waals surface area contributed by atoms with E-state index < -0.39 is 5.97 Å². The number of nitrogens with zero attached hydrogens (tertiary/aromatic N) is 5. The molecule has 3 saturated heterocycles. The fourth-order valence-corrected chi connectivity index (χ4v) is 5.46. The summed E-state index contributed by atoms with van der Waals surface area (Å²) in [6, 6.07) is 2.83. The summed E-state index contributed by atoms with van der Waals surface area (Å²) < 4.78 is 4.91. The summed E-state index contributed by atoms with van der Waals surface area (Å²) in [5.41, 5.74) is 0. The van der Waals surface area contributed by atoms with Crippen LogP contribution in [0.1, 0.15) is 64.7 Å². The highest BCUT2D eigenvalue weighted by atomic mass is 16.5. The summed E-state index contributed by atoms with van der Waals surface area (Å²) in [6.45, 7) is 7.70. The van der Waals surface area contributed by atoms with Crippen LogP contribution in [-0.2, 0) is 14.3 Å². The van der Waals surface area contributed by atoms with Gasteiger partial charge in [-0.05, 0) is 58.1 Å². The van der Waals surface area contributed by atoms with Crippen LogP contribution in [0, 0.1) is 0 Å². The highest BCUT2D eigenvalue weighted by Gasteiger charge is 2.31. The van der Waals surface area contributed by atoms with Crippen LogP contribution < -0.4 is 10.2 Å². The Kier molecular flexibility index (Phi) is 8.96. The van der Waals surface area contributed by atoms with Gasteiger partial charge in [-0.25, -0.2) is 4.98 Å². The maximum atomic E-state index is 12.4. The zero-order valence-corrected chi connectivity index (χ0v) is 20.6. The molecule has 0 saturated carbocycles. The Bertz CT molecular complexity index is 806. The van der Waals surface area contributed by atoms with E-state index in [0.717, 1.165) is 63.6 Å². The fraction of sp³-hybridized carbons (Fsp3) is 0.760. The minimum absolute atomic E-state index is 0.114. The van der Waals surface area contributed by atoms with Crippen molar-refractivity contribution >= 4 is 23.6 Å². The molecule has 4 rings (SSSR count). The van der Waals surface area contributed by atoms with Gasteiger partial charge in [-0.15, -0.1) is 0 Å². The molecule has 1 aromatic rings. The first-order chi connectivity index (χ1) is 16.6. The monoisotopic (exact) mass is 472 g/mol. The molecule has 1 N–H and O–H groups in total. The number of carbonyl (C=O) groups is 2. The summed E-state index contributed by atoms with van der Waals surface area (Å²) in [4.78, 5) is 40.1. The third-order valence-corrected chi connectivity index (χ3v) is 7.29. The van der Waals surface area contributed by atoms with Crippen molar-refractivity contribution in [2.75, 3.05) is 56.1 Å². The molecule has 9 heteroatoms. The molecular formula is C25H40N6O3. The van der Waals surface area contributed by atoms with Gasteiger partial charge in [0.15, 0.2) is 0 Å². The van der Waals surface area contributed by atoms with Gasteiger partial charge < -0.3 is 19.9 Å². The molecule has 1 atom stereocenters. The molecule has 3 aliphatic rings. The third-order valence-electron chi connectivity index (χ3n) is 7.29. The van der Waals surface area contributed by atoms with Gasteiger partial charge in [0.1, 0.15) is 12.2 Å². The van der Waals surface area contributed by atoms with Crippen LogP contribution in [0.2, 0.25) is 0 Å². The van der Waals surface area contributed by atoms with Crippen molar-refractivity contribution in [1.29, 1.82) is 0 Å². The second kappa shape index (κ2) is 12.3. The van der Waals surface area contributed by atoms with E-state index in [-0.39, 0.29) is 12.3 Å². The average molecular weight is 473 g/mol. The Labute approximate surface area is 203 Å². The number of likely N-dealkylation sites (tertiary alicyclic amines) is 2. The Hall–Kier alpha value is -2.42.